The molecule has 1 aromatic heterocycles. The van der Waals surface area contributed by atoms with E-state index in [1.54, 1.807) is 0 Å². The number of nitrogens with zero attached hydrogens (tertiary/aromatic N) is 2. The SMILES string of the molecule is CCC1SCCSC1C(Cc1ccn(C(C)C)n1)NC. The number of hydrogen-bond acceptors (Lipinski definition) is 4. The summed E-state index contributed by atoms with van der Waals surface area (Å²) >= 11 is 4.29. The Balaban J connectivity index is 2.03. The lowest BCUT2D eigenvalue weighted by atomic mass is 10.0. The Hall–Kier alpha value is -0.130. The van der Waals surface area contributed by atoms with E-state index < -0.39 is 0 Å². The summed E-state index contributed by atoms with van der Waals surface area (Å²) in [5.74, 6) is 2.59. The Morgan fingerprint density at radius 2 is 2.15 bits per heavy atom. The van der Waals surface area contributed by atoms with Gasteiger partial charge in [-0.05, 0) is 33.4 Å². The predicted molar refractivity (Wildman–Crippen MR) is 91.9 cm³/mol. The van der Waals surface area contributed by atoms with Crippen molar-refractivity contribution in [2.24, 2.45) is 0 Å². The zero-order valence-electron chi connectivity index (χ0n) is 13.0. The smallest absolute Gasteiger partial charge is 0.0640 e. The van der Waals surface area contributed by atoms with Gasteiger partial charge < -0.3 is 5.32 Å². The van der Waals surface area contributed by atoms with Crippen LogP contribution in [0.5, 0.6) is 0 Å². The van der Waals surface area contributed by atoms with Gasteiger partial charge in [-0.3, -0.25) is 4.68 Å². The van der Waals surface area contributed by atoms with Crippen LogP contribution in [-0.4, -0.2) is 44.9 Å². The minimum atomic E-state index is 0.444. The van der Waals surface area contributed by atoms with E-state index in [1.807, 2.05) is 0 Å². The molecular weight excluding hydrogens is 286 g/mol. The van der Waals surface area contributed by atoms with Crippen molar-refractivity contribution in [1.82, 2.24) is 15.1 Å². The lowest BCUT2D eigenvalue weighted by Crippen LogP contribution is -2.45. The predicted octanol–water partition coefficient (Wildman–Crippen LogP) is 3.22. The van der Waals surface area contributed by atoms with Crippen molar-refractivity contribution in [2.75, 3.05) is 18.6 Å². The van der Waals surface area contributed by atoms with E-state index >= 15 is 0 Å². The van der Waals surface area contributed by atoms with Crippen molar-refractivity contribution in [2.45, 2.75) is 56.2 Å². The van der Waals surface area contributed by atoms with E-state index in [1.165, 1.54) is 23.6 Å². The van der Waals surface area contributed by atoms with Crippen molar-refractivity contribution in [3.05, 3.63) is 18.0 Å². The second-order valence-electron chi connectivity index (χ2n) is 5.63. The molecule has 2 rings (SSSR count). The summed E-state index contributed by atoms with van der Waals surface area (Å²) < 4.78 is 2.06. The quantitative estimate of drug-likeness (QED) is 0.873. The van der Waals surface area contributed by atoms with Crippen LogP contribution in [0, 0.1) is 0 Å². The van der Waals surface area contributed by atoms with Gasteiger partial charge in [0, 0.05) is 46.7 Å². The van der Waals surface area contributed by atoms with Crippen LogP contribution in [0.4, 0.5) is 0 Å². The molecule has 2 heterocycles. The number of hydrogen-bond donors (Lipinski definition) is 1. The van der Waals surface area contributed by atoms with Crippen LogP contribution in [0.2, 0.25) is 0 Å². The van der Waals surface area contributed by atoms with E-state index in [0.717, 1.165) is 11.7 Å². The first-order valence-electron chi connectivity index (χ1n) is 7.60. The van der Waals surface area contributed by atoms with E-state index in [0.29, 0.717) is 17.3 Å². The third-order valence-electron chi connectivity index (χ3n) is 3.88. The Morgan fingerprint density at radius 1 is 1.40 bits per heavy atom. The summed E-state index contributed by atoms with van der Waals surface area (Å²) in [6.45, 7) is 6.66. The van der Waals surface area contributed by atoms with Gasteiger partial charge >= 0.3 is 0 Å². The molecule has 1 saturated heterocycles. The van der Waals surface area contributed by atoms with E-state index in [-0.39, 0.29) is 0 Å². The molecule has 0 bridgehead atoms. The third-order valence-corrected chi connectivity index (χ3v) is 7.29. The fraction of sp³-hybridized carbons (Fsp3) is 0.800. The van der Waals surface area contributed by atoms with Crippen LogP contribution >= 0.6 is 23.5 Å². The van der Waals surface area contributed by atoms with Crippen LogP contribution in [0.15, 0.2) is 12.3 Å². The Bertz CT molecular complexity index is 406. The molecule has 3 atom stereocenters. The minimum absolute atomic E-state index is 0.444. The standard InChI is InChI=1S/C15H27N3S2/c1-5-14-15(20-9-8-19-14)13(16-4)10-12-6-7-18(17-12)11(2)3/h6-7,11,13-16H,5,8-10H2,1-4H3. The van der Waals surface area contributed by atoms with Crippen LogP contribution < -0.4 is 5.32 Å². The topological polar surface area (TPSA) is 29.9 Å². The summed E-state index contributed by atoms with van der Waals surface area (Å²) in [6, 6.07) is 3.14. The monoisotopic (exact) mass is 313 g/mol. The van der Waals surface area contributed by atoms with Gasteiger partial charge in [-0.2, -0.15) is 28.6 Å². The van der Waals surface area contributed by atoms with E-state index in [4.69, 9.17) is 5.10 Å². The molecule has 1 fully saturated rings. The van der Waals surface area contributed by atoms with Crippen molar-refractivity contribution in [3.63, 3.8) is 0 Å². The molecule has 1 aromatic rings. The molecule has 0 aliphatic carbocycles. The zero-order valence-corrected chi connectivity index (χ0v) is 14.6. The summed E-state index contributed by atoms with van der Waals surface area (Å²) in [5.41, 5.74) is 1.21. The molecular formula is C15H27N3S2. The third kappa shape index (κ3) is 3.95. The second-order valence-corrected chi connectivity index (χ2v) is 8.27. The van der Waals surface area contributed by atoms with Crippen LogP contribution in [-0.2, 0) is 6.42 Å². The molecule has 0 spiro atoms. The van der Waals surface area contributed by atoms with Crippen molar-refractivity contribution in [3.8, 4) is 0 Å². The first-order chi connectivity index (χ1) is 9.65. The van der Waals surface area contributed by atoms with Gasteiger partial charge in [-0.15, -0.1) is 0 Å². The summed E-state index contributed by atoms with van der Waals surface area (Å²) in [7, 11) is 2.09. The highest BCUT2D eigenvalue weighted by atomic mass is 32.2. The maximum Gasteiger partial charge on any atom is 0.0640 e. The number of nitrogens with one attached hydrogen (secondary N) is 1. The molecule has 1 aliphatic rings. The van der Waals surface area contributed by atoms with Crippen molar-refractivity contribution < 1.29 is 0 Å². The molecule has 114 valence electrons. The highest BCUT2D eigenvalue weighted by Crippen LogP contribution is 2.35. The van der Waals surface area contributed by atoms with Crippen LogP contribution in [0.3, 0.4) is 0 Å². The highest BCUT2D eigenvalue weighted by Gasteiger charge is 2.31. The molecule has 3 nitrogen and oxygen atoms in total. The Kier molecular flexibility index (Phi) is 6.30. The number of likely N-dealkylation sites (N-methyl/N-ethyl adjacent to an activating group) is 1. The fourth-order valence-electron chi connectivity index (χ4n) is 2.69. The molecule has 0 saturated carbocycles. The number of rotatable bonds is 6. The van der Waals surface area contributed by atoms with E-state index in [9.17, 15) is 0 Å². The zero-order chi connectivity index (χ0) is 14.5. The van der Waals surface area contributed by atoms with Gasteiger partial charge in [0.15, 0.2) is 0 Å². The molecule has 0 aromatic carbocycles. The van der Waals surface area contributed by atoms with Gasteiger partial charge in [-0.1, -0.05) is 6.92 Å². The lowest BCUT2D eigenvalue weighted by Gasteiger charge is -2.35. The summed E-state index contributed by atoms with van der Waals surface area (Å²) in [6.07, 6.45) is 4.40. The normalized spacial score (nSPS) is 25.1. The van der Waals surface area contributed by atoms with Gasteiger partial charge in [0.2, 0.25) is 0 Å². The van der Waals surface area contributed by atoms with Gasteiger partial charge in [0.1, 0.15) is 0 Å². The Morgan fingerprint density at radius 3 is 2.75 bits per heavy atom. The van der Waals surface area contributed by atoms with Gasteiger partial charge in [0.05, 0.1) is 5.69 Å². The molecule has 3 unspecified atom stereocenters. The molecule has 1 aliphatic heterocycles. The average Bonchev–Trinajstić information content (AvgIpc) is 2.93. The molecule has 5 heteroatoms. The first kappa shape index (κ1) is 16.2. The van der Waals surface area contributed by atoms with Crippen LogP contribution in [0.25, 0.3) is 0 Å². The number of thioether (sulfide) groups is 2. The van der Waals surface area contributed by atoms with Crippen molar-refractivity contribution >= 4 is 23.5 Å². The summed E-state index contributed by atoms with van der Waals surface area (Å²) in [4.78, 5) is 0. The first-order valence-corrected chi connectivity index (χ1v) is 9.70. The minimum Gasteiger partial charge on any atom is -0.315 e. The Labute approximate surface area is 131 Å². The molecule has 0 radical (unpaired) electrons. The van der Waals surface area contributed by atoms with Gasteiger partial charge in [0.25, 0.3) is 0 Å². The highest BCUT2D eigenvalue weighted by molar-refractivity contribution is 8.07. The van der Waals surface area contributed by atoms with Crippen molar-refractivity contribution in [1.29, 1.82) is 0 Å². The van der Waals surface area contributed by atoms with E-state index in [2.05, 4.69) is 73.6 Å². The van der Waals surface area contributed by atoms with Gasteiger partial charge in [-0.25, -0.2) is 0 Å². The average molecular weight is 314 g/mol. The molecule has 0 amide bonds. The second kappa shape index (κ2) is 7.76. The molecule has 1 N–H and O–H groups in total. The maximum atomic E-state index is 4.70. The van der Waals surface area contributed by atoms with Crippen LogP contribution in [0.1, 0.15) is 38.9 Å². The lowest BCUT2D eigenvalue weighted by molar-refractivity contribution is 0.493. The maximum absolute atomic E-state index is 4.70. The number of aromatic nitrogens is 2. The summed E-state index contributed by atoms with van der Waals surface area (Å²) in [5, 5.41) is 9.72. The largest absolute Gasteiger partial charge is 0.315 e. The molecule has 20 heavy (non-hydrogen) atoms. The fourth-order valence-corrected chi connectivity index (χ4v) is 6.00.